The summed E-state index contributed by atoms with van der Waals surface area (Å²) in [5.74, 6) is 0.0279. The third-order valence-electron chi connectivity index (χ3n) is 6.65. The summed E-state index contributed by atoms with van der Waals surface area (Å²) in [5.41, 5.74) is 6.93. The Kier molecular flexibility index (Phi) is 4.18. The summed E-state index contributed by atoms with van der Waals surface area (Å²) in [5, 5.41) is 5.60. The fourth-order valence-electron chi connectivity index (χ4n) is 4.84. The minimum atomic E-state index is -0.251. The third-order valence-corrected chi connectivity index (χ3v) is 6.65. The van der Waals surface area contributed by atoms with E-state index in [0.29, 0.717) is 23.6 Å². The van der Waals surface area contributed by atoms with E-state index in [1.807, 2.05) is 26.2 Å². The number of hydrogen-bond acceptors (Lipinski definition) is 3. The first kappa shape index (κ1) is 19.2. The molecule has 32 heavy (non-hydrogen) atoms. The molecule has 2 aromatic heterocycles. The molecule has 0 bridgehead atoms. The molecule has 3 heterocycles. The van der Waals surface area contributed by atoms with Crippen molar-refractivity contribution in [3.8, 4) is 11.1 Å². The van der Waals surface area contributed by atoms with Gasteiger partial charge in [0.15, 0.2) is 0 Å². The molecule has 160 valence electrons. The van der Waals surface area contributed by atoms with Crippen molar-refractivity contribution < 1.29 is 9.18 Å². The fraction of sp³-hybridized carbons (Fsp3) is 0.269. The highest BCUT2D eigenvalue weighted by molar-refractivity contribution is 5.98. The second-order valence-electron chi connectivity index (χ2n) is 8.95. The zero-order chi connectivity index (χ0) is 22.0. The zero-order valence-corrected chi connectivity index (χ0v) is 18.1. The van der Waals surface area contributed by atoms with Gasteiger partial charge in [-0.1, -0.05) is 18.2 Å². The standard InChI is InChI=1S/C26H23FN4O/c1-15-5-8-18(22-12-30(2)29-25(15)22)17-10-20(16-6-7-16)21(23(27)11-17)13-31-14-24-19(26(31)32)4-3-9-28-24/h3-5,8-12,16H,6-7,13-14H2,1-2H3. The van der Waals surface area contributed by atoms with Crippen molar-refractivity contribution in [3.63, 3.8) is 0 Å². The van der Waals surface area contributed by atoms with Crippen LogP contribution in [0.1, 0.15) is 51.5 Å². The molecule has 0 saturated heterocycles. The molecule has 2 aliphatic rings. The minimum Gasteiger partial charge on any atom is -0.328 e. The number of fused-ring (bicyclic) bond motifs is 2. The summed E-state index contributed by atoms with van der Waals surface area (Å²) in [7, 11) is 1.91. The van der Waals surface area contributed by atoms with Gasteiger partial charge in [-0.05, 0) is 66.1 Å². The van der Waals surface area contributed by atoms with Crippen molar-refractivity contribution >= 4 is 16.8 Å². The number of hydrogen-bond donors (Lipinski definition) is 0. The smallest absolute Gasteiger partial charge is 0.256 e. The number of rotatable bonds is 4. The lowest BCUT2D eigenvalue weighted by Crippen LogP contribution is -2.24. The average Bonchev–Trinajstić information content (AvgIpc) is 3.47. The van der Waals surface area contributed by atoms with Crippen molar-refractivity contribution in [3.05, 3.63) is 82.6 Å². The molecule has 0 unspecified atom stereocenters. The molecular weight excluding hydrogens is 403 g/mol. The van der Waals surface area contributed by atoms with Crippen molar-refractivity contribution in [2.24, 2.45) is 7.05 Å². The van der Waals surface area contributed by atoms with Gasteiger partial charge in [0.25, 0.3) is 5.91 Å². The first-order chi connectivity index (χ1) is 15.5. The van der Waals surface area contributed by atoms with E-state index < -0.39 is 0 Å². The van der Waals surface area contributed by atoms with Crippen LogP contribution in [0.2, 0.25) is 0 Å². The third kappa shape index (κ3) is 3.01. The van der Waals surface area contributed by atoms with Crippen molar-refractivity contribution in [2.75, 3.05) is 0 Å². The summed E-state index contributed by atoms with van der Waals surface area (Å²) in [6.45, 7) is 2.73. The largest absolute Gasteiger partial charge is 0.328 e. The van der Waals surface area contributed by atoms with Crippen LogP contribution in [-0.2, 0) is 20.1 Å². The van der Waals surface area contributed by atoms with Crippen LogP contribution in [-0.4, -0.2) is 25.6 Å². The molecule has 0 spiro atoms. The molecule has 0 atom stereocenters. The van der Waals surface area contributed by atoms with E-state index in [1.165, 1.54) is 0 Å². The molecule has 6 heteroatoms. The van der Waals surface area contributed by atoms with E-state index in [4.69, 9.17) is 0 Å². The number of carbonyl (C=O) groups excluding carboxylic acids is 1. The summed E-state index contributed by atoms with van der Waals surface area (Å²) >= 11 is 0. The number of benzene rings is 2. The minimum absolute atomic E-state index is 0.0751. The predicted molar refractivity (Wildman–Crippen MR) is 121 cm³/mol. The number of aromatic nitrogens is 3. The topological polar surface area (TPSA) is 51.0 Å². The molecule has 1 amide bonds. The Morgan fingerprint density at radius 1 is 1.16 bits per heavy atom. The molecule has 2 aromatic carbocycles. The highest BCUT2D eigenvalue weighted by atomic mass is 19.1. The number of amides is 1. The maximum Gasteiger partial charge on any atom is 0.256 e. The van der Waals surface area contributed by atoms with E-state index in [0.717, 1.165) is 51.7 Å². The number of carbonyl (C=O) groups is 1. The van der Waals surface area contributed by atoms with Crippen molar-refractivity contribution in [1.29, 1.82) is 0 Å². The van der Waals surface area contributed by atoms with Crippen LogP contribution in [0.15, 0.2) is 48.8 Å². The van der Waals surface area contributed by atoms with E-state index in [1.54, 1.807) is 34.0 Å². The van der Waals surface area contributed by atoms with E-state index in [9.17, 15) is 4.79 Å². The fourth-order valence-corrected chi connectivity index (χ4v) is 4.84. The highest BCUT2D eigenvalue weighted by Gasteiger charge is 2.33. The van der Waals surface area contributed by atoms with E-state index in [-0.39, 0.29) is 18.3 Å². The van der Waals surface area contributed by atoms with Gasteiger partial charge in [0.2, 0.25) is 0 Å². The molecule has 6 rings (SSSR count). The summed E-state index contributed by atoms with van der Waals surface area (Å²) < 4.78 is 17.4. The van der Waals surface area contributed by atoms with Gasteiger partial charge in [0.1, 0.15) is 5.82 Å². The van der Waals surface area contributed by atoms with Gasteiger partial charge in [0, 0.05) is 36.9 Å². The predicted octanol–water partition coefficient (Wildman–Crippen LogP) is 5.12. The lowest BCUT2D eigenvalue weighted by Gasteiger charge is -2.20. The second kappa shape index (κ2) is 6.99. The highest BCUT2D eigenvalue weighted by Crippen LogP contribution is 2.45. The van der Waals surface area contributed by atoms with Gasteiger partial charge in [-0.15, -0.1) is 0 Å². The van der Waals surface area contributed by atoms with Crippen LogP contribution >= 0.6 is 0 Å². The SMILES string of the molecule is Cc1ccc(-c2cc(F)c(CN3Cc4ncccc4C3=O)c(C3CC3)c2)c2cn(C)nc12. The summed E-state index contributed by atoms with van der Waals surface area (Å²) in [6, 6.07) is 11.4. The maximum atomic E-state index is 15.6. The van der Waals surface area contributed by atoms with Gasteiger partial charge >= 0.3 is 0 Å². The first-order valence-corrected chi connectivity index (χ1v) is 11.0. The molecular formula is C26H23FN4O. The lowest BCUT2D eigenvalue weighted by atomic mass is 9.93. The van der Waals surface area contributed by atoms with Crippen LogP contribution in [0.25, 0.3) is 22.0 Å². The maximum absolute atomic E-state index is 15.6. The monoisotopic (exact) mass is 426 g/mol. The average molecular weight is 426 g/mol. The Morgan fingerprint density at radius 3 is 2.78 bits per heavy atom. The molecule has 1 aliphatic heterocycles. The Bertz CT molecular complexity index is 1400. The number of aryl methyl sites for hydroxylation is 2. The Labute approximate surface area is 185 Å². The molecule has 5 nitrogen and oxygen atoms in total. The van der Waals surface area contributed by atoms with Gasteiger partial charge in [0.05, 0.1) is 23.3 Å². The van der Waals surface area contributed by atoms with Crippen molar-refractivity contribution in [1.82, 2.24) is 19.7 Å². The summed E-state index contributed by atoms with van der Waals surface area (Å²) in [6.07, 6.45) is 5.80. The van der Waals surface area contributed by atoms with Gasteiger partial charge in [-0.25, -0.2) is 4.39 Å². The van der Waals surface area contributed by atoms with Gasteiger partial charge in [-0.2, -0.15) is 5.10 Å². The van der Waals surface area contributed by atoms with Crippen LogP contribution in [0.3, 0.4) is 0 Å². The van der Waals surface area contributed by atoms with Crippen molar-refractivity contribution in [2.45, 2.75) is 38.8 Å². The normalized spacial score (nSPS) is 15.6. The van der Waals surface area contributed by atoms with Crippen LogP contribution < -0.4 is 0 Å². The molecule has 0 N–H and O–H groups in total. The Hall–Kier alpha value is -3.54. The molecule has 1 fully saturated rings. The van der Waals surface area contributed by atoms with E-state index >= 15 is 4.39 Å². The summed E-state index contributed by atoms with van der Waals surface area (Å²) in [4.78, 5) is 18.9. The molecule has 1 aliphatic carbocycles. The number of nitrogens with zero attached hydrogens (tertiary/aromatic N) is 4. The Morgan fingerprint density at radius 2 is 2.00 bits per heavy atom. The number of halogens is 1. The van der Waals surface area contributed by atoms with E-state index in [2.05, 4.69) is 22.2 Å². The lowest BCUT2D eigenvalue weighted by molar-refractivity contribution is 0.0764. The second-order valence-corrected chi connectivity index (χ2v) is 8.95. The van der Waals surface area contributed by atoms with Gasteiger partial charge < -0.3 is 4.90 Å². The first-order valence-electron chi connectivity index (χ1n) is 11.0. The zero-order valence-electron chi connectivity index (χ0n) is 18.1. The molecule has 0 radical (unpaired) electrons. The van der Waals surface area contributed by atoms with Crippen LogP contribution in [0.4, 0.5) is 4.39 Å². The quantitative estimate of drug-likeness (QED) is 0.455. The molecule has 1 saturated carbocycles. The van der Waals surface area contributed by atoms with Crippen LogP contribution in [0.5, 0.6) is 0 Å². The van der Waals surface area contributed by atoms with Crippen LogP contribution in [0, 0.1) is 12.7 Å². The Balaban J connectivity index is 1.42. The van der Waals surface area contributed by atoms with Gasteiger partial charge in [-0.3, -0.25) is 14.5 Å². The number of pyridine rings is 1. The molecule has 4 aromatic rings.